The predicted octanol–water partition coefficient (Wildman–Crippen LogP) is 2.60. The largest absolute Gasteiger partial charge is 0.475 e. The second-order valence-corrected chi connectivity index (χ2v) is 3.62. The van der Waals surface area contributed by atoms with E-state index in [9.17, 15) is 14.9 Å². The average Bonchev–Trinajstić information content (AvgIpc) is 2.20. The van der Waals surface area contributed by atoms with Crippen LogP contribution < -0.4 is 4.74 Å². The van der Waals surface area contributed by atoms with Gasteiger partial charge in [-0.1, -0.05) is 17.7 Å². The molecule has 0 saturated carbocycles. The Hall–Kier alpha value is -1.62. The Morgan fingerprint density at radius 2 is 2.19 bits per heavy atom. The van der Waals surface area contributed by atoms with Gasteiger partial charge in [-0.25, -0.2) is 0 Å². The molecule has 16 heavy (non-hydrogen) atoms. The molecule has 1 aromatic rings. The molecule has 1 rings (SSSR count). The maximum absolute atomic E-state index is 11.0. The number of ether oxygens (including phenoxy) is 1. The molecule has 1 aromatic carbocycles. The number of nitro groups is 1. The number of nitrogens with zero attached hydrogens (tertiary/aromatic N) is 1. The Morgan fingerprint density at radius 1 is 1.56 bits per heavy atom. The van der Waals surface area contributed by atoms with Crippen LogP contribution in [0.4, 0.5) is 5.69 Å². The quantitative estimate of drug-likeness (QED) is 0.602. The number of ketones is 1. The highest BCUT2D eigenvalue weighted by molar-refractivity contribution is 6.32. The highest BCUT2D eigenvalue weighted by Gasteiger charge is 2.21. The molecule has 86 valence electrons. The van der Waals surface area contributed by atoms with Gasteiger partial charge in [0.05, 0.1) is 9.95 Å². The van der Waals surface area contributed by atoms with E-state index in [4.69, 9.17) is 16.3 Å². The van der Waals surface area contributed by atoms with E-state index < -0.39 is 11.0 Å². The van der Waals surface area contributed by atoms with Crippen LogP contribution in [0.25, 0.3) is 0 Å². The van der Waals surface area contributed by atoms with E-state index >= 15 is 0 Å². The van der Waals surface area contributed by atoms with E-state index in [1.54, 1.807) is 0 Å². The topological polar surface area (TPSA) is 69.4 Å². The third-order valence-corrected chi connectivity index (χ3v) is 2.31. The van der Waals surface area contributed by atoms with E-state index in [0.717, 1.165) is 0 Å². The van der Waals surface area contributed by atoms with Gasteiger partial charge < -0.3 is 4.74 Å². The Balaban J connectivity index is 3.11. The molecular weight excluding hydrogens is 234 g/mol. The lowest BCUT2D eigenvalue weighted by molar-refractivity contribution is -0.386. The summed E-state index contributed by atoms with van der Waals surface area (Å²) in [6.45, 7) is 2.85. The SMILES string of the molecule is CC(=O)C(C)Oc1c(Cl)cccc1[N+](=O)[O-]. The van der Waals surface area contributed by atoms with Crippen molar-refractivity contribution < 1.29 is 14.5 Å². The number of Topliss-reactive ketones (excluding diaryl/α,β-unsaturated/α-hetero) is 1. The second-order valence-electron chi connectivity index (χ2n) is 3.22. The molecule has 0 heterocycles. The number of carbonyl (C=O) groups excluding carboxylic acids is 1. The lowest BCUT2D eigenvalue weighted by atomic mass is 10.2. The van der Waals surface area contributed by atoms with Crippen molar-refractivity contribution in [1.29, 1.82) is 0 Å². The van der Waals surface area contributed by atoms with Gasteiger partial charge in [0.1, 0.15) is 0 Å². The van der Waals surface area contributed by atoms with Crippen molar-refractivity contribution in [2.24, 2.45) is 0 Å². The van der Waals surface area contributed by atoms with Gasteiger partial charge in [0.2, 0.25) is 5.75 Å². The van der Waals surface area contributed by atoms with Crippen molar-refractivity contribution in [1.82, 2.24) is 0 Å². The maximum atomic E-state index is 11.0. The van der Waals surface area contributed by atoms with Crippen molar-refractivity contribution in [3.05, 3.63) is 33.3 Å². The van der Waals surface area contributed by atoms with E-state index in [2.05, 4.69) is 0 Å². The summed E-state index contributed by atoms with van der Waals surface area (Å²) in [6, 6.07) is 4.19. The molecule has 0 spiro atoms. The summed E-state index contributed by atoms with van der Waals surface area (Å²) in [5.74, 6) is -0.300. The smallest absolute Gasteiger partial charge is 0.312 e. The number of rotatable bonds is 4. The van der Waals surface area contributed by atoms with E-state index in [0.29, 0.717) is 0 Å². The molecule has 1 atom stereocenters. The number of hydrogen-bond donors (Lipinski definition) is 0. The van der Waals surface area contributed by atoms with Crippen LogP contribution in [0.1, 0.15) is 13.8 Å². The van der Waals surface area contributed by atoms with Gasteiger partial charge in [-0.05, 0) is 19.9 Å². The average molecular weight is 244 g/mol. The molecule has 0 aliphatic rings. The number of carbonyl (C=O) groups is 1. The summed E-state index contributed by atoms with van der Waals surface area (Å²) in [6.07, 6.45) is -0.765. The summed E-state index contributed by atoms with van der Waals surface area (Å²) in [4.78, 5) is 21.1. The van der Waals surface area contributed by atoms with Crippen LogP contribution in [0.2, 0.25) is 5.02 Å². The predicted molar refractivity (Wildman–Crippen MR) is 58.9 cm³/mol. The Bertz CT molecular complexity index is 433. The fourth-order valence-electron chi connectivity index (χ4n) is 1.02. The van der Waals surface area contributed by atoms with E-state index in [-0.39, 0.29) is 22.2 Å². The van der Waals surface area contributed by atoms with Crippen LogP contribution in [-0.4, -0.2) is 16.8 Å². The van der Waals surface area contributed by atoms with Crippen LogP contribution in [0, 0.1) is 10.1 Å². The summed E-state index contributed by atoms with van der Waals surface area (Å²) in [5, 5.41) is 10.8. The minimum absolute atomic E-state index is 0.0723. The van der Waals surface area contributed by atoms with Crippen LogP contribution >= 0.6 is 11.6 Å². The van der Waals surface area contributed by atoms with Gasteiger partial charge in [0.15, 0.2) is 11.9 Å². The fraction of sp³-hybridized carbons (Fsp3) is 0.300. The van der Waals surface area contributed by atoms with Crippen LogP contribution in [0.15, 0.2) is 18.2 Å². The van der Waals surface area contributed by atoms with Gasteiger partial charge >= 0.3 is 5.69 Å². The molecule has 6 heteroatoms. The zero-order chi connectivity index (χ0) is 12.3. The Kier molecular flexibility index (Phi) is 3.84. The number of benzene rings is 1. The molecule has 0 radical (unpaired) electrons. The van der Waals surface area contributed by atoms with Gasteiger partial charge in [-0.3, -0.25) is 14.9 Å². The second kappa shape index (κ2) is 4.94. The zero-order valence-electron chi connectivity index (χ0n) is 8.77. The number of para-hydroxylation sites is 1. The summed E-state index contributed by atoms with van der Waals surface area (Å²) >= 11 is 5.78. The zero-order valence-corrected chi connectivity index (χ0v) is 9.52. The molecule has 0 amide bonds. The molecule has 0 fully saturated rings. The molecule has 0 saturated heterocycles. The molecule has 0 N–H and O–H groups in total. The molecule has 0 aliphatic heterocycles. The van der Waals surface area contributed by atoms with E-state index in [1.807, 2.05) is 0 Å². The highest BCUT2D eigenvalue weighted by Crippen LogP contribution is 2.35. The van der Waals surface area contributed by atoms with Crippen molar-refractivity contribution >= 4 is 23.1 Å². The fourth-order valence-corrected chi connectivity index (χ4v) is 1.23. The van der Waals surface area contributed by atoms with Gasteiger partial charge in [0.25, 0.3) is 0 Å². The lowest BCUT2D eigenvalue weighted by Crippen LogP contribution is -2.21. The molecule has 5 nitrogen and oxygen atoms in total. The first-order chi connectivity index (χ1) is 7.43. The summed E-state index contributed by atoms with van der Waals surface area (Å²) < 4.78 is 5.18. The first kappa shape index (κ1) is 12.4. The number of nitro benzene ring substituents is 1. The number of hydrogen-bond acceptors (Lipinski definition) is 4. The lowest BCUT2D eigenvalue weighted by Gasteiger charge is -2.12. The number of halogens is 1. The molecule has 1 unspecified atom stereocenters. The van der Waals surface area contributed by atoms with Crippen molar-refractivity contribution in [3.8, 4) is 5.75 Å². The third-order valence-electron chi connectivity index (χ3n) is 2.01. The third kappa shape index (κ3) is 2.70. The van der Waals surface area contributed by atoms with Crippen LogP contribution in [0.3, 0.4) is 0 Å². The molecular formula is C10H10ClNO4. The molecule has 0 aromatic heterocycles. The minimum Gasteiger partial charge on any atom is -0.475 e. The summed E-state index contributed by atoms with van der Waals surface area (Å²) in [7, 11) is 0. The van der Waals surface area contributed by atoms with Crippen LogP contribution in [0.5, 0.6) is 5.75 Å². The summed E-state index contributed by atoms with van der Waals surface area (Å²) in [5.41, 5.74) is -0.249. The standard InChI is InChI=1S/C10H10ClNO4/c1-6(13)7(2)16-10-8(11)4-3-5-9(10)12(14)15/h3-5,7H,1-2H3. The van der Waals surface area contributed by atoms with Crippen molar-refractivity contribution in [3.63, 3.8) is 0 Å². The Morgan fingerprint density at radius 3 is 2.69 bits per heavy atom. The highest BCUT2D eigenvalue weighted by atomic mass is 35.5. The van der Waals surface area contributed by atoms with Crippen LogP contribution in [-0.2, 0) is 4.79 Å². The van der Waals surface area contributed by atoms with Gasteiger partial charge in [-0.2, -0.15) is 0 Å². The van der Waals surface area contributed by atoms with Gasteiger partial charge in [-0.15, -0.1) is 0 Å². The maximum Gasteiger partial charge on any atom is 0.312 e. The monoisotopic (exact) mass is 243 g/mol. The first-order valence-corrected chi connectivity index (χ1v) is 4.91. The Labute approximate surface area is 97.1 Å². The molecule has 0 aliphatic carbocycles. The van der Waals surface area contributed by atoms with Crippen molar-refractivity contribution in [2.75, 3.05) is 0 Å². The normalized spacial score (nSPS) is 11.9. The first-order valence-electron chi connectivity index (χ1n) is 4.53. The molecule has 0 bridgehead atoms. The van der Waals surface area contributed by atoms with E-state index in [1.165, 1.54) is 32.0 Å². The van der Waals surface area contributed by atoms with Crippen molar-refractivity contribution in [2.45, 2.75) is 20.0 Å². The van der Waals surface area contributed by atoms with Gasteiger partial charge in [0, 0.05) is 6.07 Å². The minimum atomic E-state index is -0.765.